The van der Waals surface area contributed by atoms with Gasteiger partial charge >= 0.3 is 0 Å². The largest absolute Gasteiger partial charge is 0.394 e. The zero-order valence-electron chi connectivity index (χ0n) is 9.93. The lowest BCUT2D eigenvalue weighted by Crippen LogP contribution is -2.80. The fraction of sp³-hybridized carbons (Fsp3) is 1.00. The van der Waals surface area contributed by atoms with Gasteiger partial charge < -0.3 is 30.3 Å². The first kappa shape index (κ1) is 13.8. The number of aliphatic hydroxyl groups excluding tert-OH is 1. The second kappa shape index (κ2) is 3.38. The van der Waals surface area contributed by atoms with E-state index in [1.165, 1.54) is 20.8 Å². The Kier molecular flexibility index (Phi) is 2.92. The maximum atomic E-state index is 10.2. The van der Waals surface area contributed by atoms with E-state index in [1.807, 2.05) is 0 Å². The van der Waals surface area contributed by atoms with Crippen LogP contribution >= 0.6 is 0 Å². The molecule has 0 aliphatic carbocycles. The zero-order chi connectivity index (χ0) is 13.0. The standard InChI is InChI=1S/C10H20O6/c1-7(12)6(5-11)16-10(4,15)9(3,14)8(7,2)13/h6,11-15H,5H2,1-4H3/t6-,7-,8+,9+,10+/m1/s1. The molecule has 1 fully saturated rings. The molecule has 0 unspecified atom stereocenters. The molecule has 0 saturated carbocycles. The van der Waals surface area contributed by atoms with Gasteiger partial charge in [0, 0.05) is 0 Å². The van der Waals surface area contributed by atoms with Gasteiger partial charge in [0.2, 0.25) is 0 Å². The Bertz CT molecular complexity index is 281. The van der Waals surface area contributed by atoms with Crippen molar-refractivity contribution in [1.82, 2.24) is 0 Å². The van der Waals surface area contributed by atoms with E-state index in [2.05, 4.69) is 0 Å². The lowest BCUT2D eigenvalue weighted by Gasteiger charge is -2.60. The highest BCUT2D eigenvalue weighted by atomic mass is 16.7. The SMILES string of the molecule is C[C@]1(O)[C@@](C)(O)[C@](C)(O)[C@@H](CO)O[C@]1(C)O. The molecule has 96 valence electrons. The summed E-state index contributed by atoms with van der Waals surface area (Å²) in [6.07, 6.45) is -1.20. The summed E-state index contributed by atoms with van der Waals surface area (Å²) < 4.78 is 5.03. The van der Waals surface area contributed by atoms with Gasteiger partial charge in [-0.3, -0.25) is 0 Å². The summed E-state index contributed by atoms with van der Waals surface area (Å²) in [7, 11) is 0. The van der Waals surface area contributed by atoms with Crippen LogP contribution in [0.25, 0.3) is 0 Å². The smallest absolute Gasteiger partial charge is 0.195 e. The molecule has 5 N–H and O–H groups in total. The first-order chi connectivity index (χ1) is 6.92. The lowest BCUT2D eigenvalue weighted by atomic mass is 9.65. The van der Waals surface area contributed by atoms with Crippen LogP contribution in [0.15, 0.2) is 0 Å². The summed E-state index contributed by atoms with van der Waals surface area (Å²) >= 11 is 0. The maximum absolute atomic E-state index is 10.2. The van der Waals surface area contributed by atoms with Crippen molar-refractivity contribution in [3.63, 3.8) is 0 Å². The summed E-state index contributed by atoms with van der Waals surface area (Å²) in [6.45, 7) is 4.16. The van der Waals surface area contributed by atoms with Crippen molar-refractivity contribution in [2.75, 3.05) is 6.61 Å². The Morgan fingerprint density at radius 2 is 1.38 bits per heavy atom. The molecular formula is C10H20O6. The Morgan fingerprint density at radius 1 is 0.938 bits per heavy atom. The fourth-order valence-electron chi connectivity index (χ4n) is 1.98. The highest BCUT2D eigenvalue weighted by molar-refractivity contribution is 5.16. The molecule has 5 atom stereocenters. The second-order valence-electron chi connectivity index (χ2n) is 5.06. The van der Waals surface area contributed by atoms with E-state index in [1.54, 1.807) is 0 Å². The van der Waals surface area contributed by atoms with Gasteiger partial charge in [-0.1, -0.05) is 0 Å². The summed E-state index contributed by atoms with van der Waals surface area (Å²) in [5.41, 5.74) is -6.03. The van der Waals surface area contributed by atoms with Gasteiger partial charge in [0.15, 0.2) is 5.79 Å². The van der Waals surface area contributed by atoms with E-state index in [4.69, 9.17) is 9.84 Å². The molecule has 6 heteroatoms. The molecule has 0 aromatic heterocycles. The average molecular weight is 236 g/mol. The predicted octanol–water partition coefficient (Wildman–Crippen LogP) is -1.66. The van der Waals surface area contributed by atoms with E-state index in [9.17, 15) is 20.4 Å². The van der Waals surface area contributed by atoms with Gasteiger partial charge in [-0.25, -0.2) is 0 Å². The van der Waals surface area contributed by atoms with Crippen molar-refractivity contribution in [1.29, 1.82) is 0 Å². The third kappa shape index (κ3) is 1.42. The molecule has 0 amide bonds. The zero-order valence-corrected chi connectivity index (χ0v) is 9.93. The number of hydrogen-bond acceptors (Lipinski definition) is 6. The third-order valence-electron chi connectivity index (χ3n) is 4.00. The predicted molar refractivity (Wildman–Crippen MR) is 54.5 cm³/mol. The quantitative estimate of drug-likeness (QED) is 0.373. The monoisotopic (exact) mass is 236 g/mol. The molecule has 0 aromatic rings. The Hall–Kier alpha value is -0.240. The molecule has 0 spiro atoms. The van der Waals surface area contributed by atoms with E-state index < -0.39 is 35.3 Å². The van der Waals surface area contributed by atoms with E-state index >= 15 is 0 Å². The van der Waals surface area contributed by atoms with Gasteiger partial charge in [0.1, 0.15) is 22.9 Å². The molecule has 6 nitrogen and oxygen atoms in total. The number of hydrogen-bond donors (Lipinski definition) is 5. The van der Waals surface area contributed by atoms with Crippen LogP contribution in [0.5, 0.6) is 0 Å². The van der Waals surface area contributed by atoms with E-state index in [-0.39, 0.29) is 0 Å². The molecule has 1 aliphatic heterocycles. The minimum atomic E-state index is -2.09. The number of rotatable bonds is 1. The maximum Gasteiger partial charge on any atom is 0.195 e. The number of ether oxygens (including phenoxy) is 1. The molecule has 16 heavy (non-hydrogen) atoms. The third-order valence-corrected chi connectivity index (χ3v) is 4.00. The molecule has 1 aliphatic rings. The van der Waals surface area contributed by atoms with Crippen LogP contribution in [0, 0.1) is 0 Å². The Morgan fingerprint density at radius 3 is 1.75 bits per heavy atom. The molecule has 1 heterocycles. The molecule has 0 bridgehead atoms. The molecule has 0 radical (unpaired) electrons. The summed E-state index contributed by atoms with van der Waals surface area (Å²) in [5, 5.41) is 49.4. The highest BCUT2D eigenvalue weighted by Gasteiger charge is 2.69. The summed E-state index contributed by atoms with van der Waals surface area (Å²) in [5.74, 6) is -2.08. The van der Waals surface area contributed by atoms with Crippen molar-refractivity contribution < 1.29 is 30.3 Å². The van der Waals surface area contributed by atoms with Crippen LogP contribution in [0.4, 0.5) is 0 Å². The van der Waals surface area contributed by atoms with Crippen LogP contribution in [0.1, 0.15) is 27.7 Å². The summed E-state index contributed by atoms with van der Waals surface area (Å²) in [6, 6.07) is 0. The van der Waals surface area contributed by atoms with Gasteiger partial charge in [-0.05, 0) is 27.7 Å². The van der Waals surface area contributed by atoms with Crippen LogP contribution in [-0.4, -0.2) is 60.8 Å². The Balaban J connectivity index is 3.30. The molecule has 1 saturated heterocycles. The van der Waals surface area contributed by atoms with Crippen LogP contribution < -0.4 is 0 Å². The highest BCUT2D eigenvalue weighted by Crippen LogP contribution is 2.47. The average Bonchev–Trinajstić information content (AvgIpc) is 2.11. The first-order valence-corrected chi connectivity index (χ1v) is 5.10. The Labute approximate surface area is 94.1 Å². The van der Waals surface area contributed by atoms with Crippen molar-refractivity contribution in [3.8, 4) is 0 Å². The molecule has 0 aromatic carbocycles. The second-order valence-corrected chi connectivity index (χ2v) is 5.06. The molecule has 1 rings (SSSR count). The molecular weight excluding hydrogens is 216 g/mol. The van der Waals surface area contributed by atoms with Gasteiger partial charge in [-0.15, -0.1) is 0 Å². The van der Waals surface area contributed by atoms with Gasteiger partial charge in [0.25, 0.3) is 0 Å². The summed E-state index contributed by atoms with van der Waals surface area (Å²) in [4.78, 5) is 0. The first-order valence-electron chi connectivity index (χ1n) is 5.10. The van der Waals surface area contributed by atoms with Crippen molar-refractivity contribution in [2.45, 2.75) is 56.4 Å². The van der Waals surface area contributed by atoms with E-state index in [0.29, 0.717) is 0 Å². The lowest BCUT2D eigenvalue weighted by molar-refractivity contribution is -0.423. The van der Waals surface area contributed by atoms with Crippen LogP contribution in [0.3, 0.4) is 0 Å². The minimum Gasteiger partial charge on any atom is -0.394 e. The minimum absolute atomic E-state index is 0.588. The normalized spacial score (nSPS) is 58.7. The van der Waals surface area contributed by atoms with Gasteiger partial charge in [0.05, 0.1) is 6.61 Å². The van der Waals surface area contributed by atoms with Crippen molar-refractivity contribution >= 4 is 0 Å². The van der Waals surface area contributed by atoms with Gasteiger partial charge in [-0.2, -0.15) is 0 Å². The van der Waals surface area contributed by atoms with Crippen LogP contribution in [-0.2, 0) is 4.74 Å². The van der Waals surface area contributed by atoms with Crippen LogP contribution in [0.2, 0.25) is 0 Å². The number of aliphatic hydroxyl groups is 5. The fourth-order valence-corrected chi connectivity index (χ4v) is 1.98. The van der Waals surface area contributed by atoms with Crippen molar-refractivity contribution in [2.24, 2.45) is 0 Å². The van der Waals surface area contributed by atoms with Crippen molar-refractivity contribution in [3.05, 3.63) is 0 Å². The van der Waals surface area contributed by atoms with E-state index in [0.717, 1.165) is 6.92 Å². The topological polar surface area (TPSA) is 110 Å².